The Morgan fingerprint density at radius 1 is 1.24 bits per heavy atom. The molecule has 1 saturated heterocycles. The van der Waals surface area contributed by atoms with E-state index in [1.54, 1.807) is 35.2 Å². The first-order chi connectivity index (χ1) is 13.7. The van der Waals surface area contributed by atoms with Gasteiger partial charge in [0.25, 0.3) is 5.91 Å². The normalized spacial score (nSPS) is 17.3. The quantitative estimate of drug-likeness (QED) is 0.640. The first kappa shape index (κ1) is 21.2. The summed E-state index contributed by atoms with van der Waals surface area (Å²) >= 11 is 7.37. The molecule has 1 aliphatic rings. The van der Waals surface area contributed by atoms with Crippen LogP contribution in [0, 0.1) is 0 Å². The second-order valence-electron chi connectivity index (χ2n) is 7.09. The first-order valence-electron chi connectivity index (χ1n) is 9.11. The summed E-state index contributed by atoms with van der Waals surface area (Å²) in [6, 6.07) is 8.21. The van der Waals surface area contributed by atoms with Crippen molar-refractivity contribution in [2.24, 2.45) is 4.99 Å². The Morgan fingerprint density at radius 2 is 1.97 bits per heavy atom. The second kappa shape index (κ2) is 8.47. The van der Waals surface area contributed by atoms with Crippen LogP contribution in [-0.4, -0.2) is 39.1 Å². The van der Waals surface area contributed by atoms with Crippen LogP contribution in [0.15, 0.2) is 44.6 Å². The zero-order valence-electron chi connectivity index (χ0n) is 16.5. The molecule has 1 aromatic heterocycles. The third-order valence-corrected chi connectivity index (χ3v) is 5.42. The number of thioether (sulfide) groups is 1. The molecular formula is C21H21ClN2O4S. The Hall–Kier alpha value is -2.51. The van der Waals surface area contributed by atoms with Crippen LogP contribution in [-0.2, 0) is 4.79 Å². The Morgan fingerprint density at radius 3 is 2.55 bits per heavy atom. The van der Waals surface area contributed by atoms with E-state index in [1.807, 2.05) is 27.7 Å². The van der Waals surface area contributed by atoms with E-state index < -0.39 is 5.97 Å². The summed E-state index contributed by atoms with van der Waals surface area (Å²) in [4.78, 5) is 30.7. The maximum Gasteiger partial charge on any atom is 0.337 e. The highest BCUT2D eigenvalue weighted by molar-refractivity contribution is 8.18. The molecule has 0 atom stereocenters. The molecule has 1 aliphatic heterocycles. The highest BCUT2D eigenvalue weighted by atomic mass is 35.5. The van der Waals surface area contributed by atoms with Gasteiger partial charge in [0.15, 0.2) is 5.17 Å². The van der Waals surface area contributed by atoms with Gasteiger partial charge in [-0.2, -0.15) is 0 Å². The van der Waals surface area contributed by atoms with Gasteiger partial charge in [0.05, 0.1) is 15.5 Å². The zero-order chi connectivity index (χ0) is 21.3. The molecular weight excluding hydrogens is 412 g/mol. The number of hydrogen-bond acceptors (Lipinski definition) is 5. The number of aromatic carboxylic acids is 1. The minimum Gasteiger partial charge on any atom is -0.478 e. The minimum absolute atomic E-state index is 0.000420. The van der Waals surface area contributed by atoms with Gasteiger partial charge in [0.2, 0.25) is 0 Å². The van der Waals surface area contributed by atoms with E-state index in [9.17, 15) is 9.59 Å². The number of carboxylic acids is 1. The molecule has 2 aromatic rings. The summed E-state index contributed by atoms with van der Waals surface area (Å²) in [6.07, 6.45) is 1.70. The molecule has 0 spiro atoms. The van der Waals surface area contributed by atoms with Gasteiger partial charge in [0.1, 0.15) is 11.5 Å². The Labute approximate surface area is 178 Å². The third kappa shape index (κ3) is 4.57. The predicted octanol–water partition coefficient (Wildman–Crippen LogP) is 5.39. The number of benzene rings is 1. The highest BCUT2D eigenvalue weighted by Crippen LogP contribution is 2.35. The number of carboxylic acid groups (broad SMARTS) is 1. The van der Waals surface area contributed by atoms with Gasteiger partial charge >= 0.3 is 5.97 Å². The molecule has 1 amide bonds. The van der Waals surface area contributed by atoms with Gasteiger partial charge in [-0.3, -0.25) is 14.7 Å². The average molecular weight is 433 g/mol. The topological polar surface area (TPSA) is 83.1 Å². The molecule has 3 rings (SSSR count). The van der Waals surface area contributed by atoms with E-state index in [0.29, 0.717) is 27.2 Å². The molecule has 1 N–H and O–H groups in total. The number of halogens is 1. The second-order valence-corrected chi connectivity index (χ2v) is 8.50. The molecule has 1 fully saturated rings. The van der Waals surface area contributed by atoms with E-state index in [2.05, 4.69) is 4.99 Å². The van der Waals surface area contributed by atoms with Crippen molar-refractivity contribution in [2.45, 2.75) is 39.8 Å². The van der Waals surface area contributed by atoms with Crippen molar-refractivity contribution in [3.8, 4) is 11.3 Å². The summed E-state index contributed by atoms with van der Waals surface area (Å²) in [7, 11) is 0. The van der Waals surface area contributed by atoms with Crippen LogP contribution in [0.2, 0.25) is 5.02 Å². The summed E-state index contributed by atoms with van der Waals surface area (Å²) in [5.74, 6) is -0.139. The number of rotatable bonds is 5. The lowest BCUT2D eigenvalue weighted by atomic mass is 10.1. The molecule has 2 heterocycles. The Balaban J connectivity index is 1.89. The summed E-state index contributed by atoms with van der Waals surface area (Å²) in [5, 5.41) is 9.91. The van der Waals surface area contributed by atoms with E-state index in [4.69, 9.17) is 21.1 Å². The lowest BCUT2D eigenvalue weighted by molar-refractivity contribution is -0.123. The SMILES string of the molecule is CC(C)N=C1S/C(=C/c2ccc(-c3ccc(C(=O)O)c(Cl)c3)o2)C(=O)N1C(C)C. The summed E-state index contributed by atoms with van der Waals surface area (Å²) in [6.45, 7) is 7.84. The van der Waals surface area contributed by atoms with Crippen LogP contribution >= 0.6 is 23.4 Å². The van der Waals surface area contributed by atoms with Crippen molar-refractivity contribution < 1.29 is 19.1 Å². The average Bonchev–Trinajstić information content (AvgIpc) is 3.19. The van der Waals surface area contributed by atoms with Crippen molar-refractivity contribution in [3.63, 3.8) is 0 Å². The summed E-state index contributed by atoms with van der Waals surface area (Å²) in [5.41, 5.74) is 0.684. The van der Waals surface area contributed by atoms with Crippen molar-refractivity contribution >= 4 is 46.5 Å². The molecule has 29 heavy (non-hydrogen) atoms. The van der Waals surface area contributed by atoms with Crippen molar-refractivity contribution in [1.29, 1.82) is 0 Å². The van der Waals surface area contributed by atoms with E-state index in [-0.39, 0.29) is 28.6 Å². The van der Waals surface area contributed by atoms with E-state index in [0.717, 1.165) is 0 Å². The number of carbonyl (C=O) groups excluding carboxylic acids is 1. The van der Waals surface area contributed by atoms with Crippen LogP contribution in [0.1, 0.15) is 43.8 Å². The van der Waals surface area contributed by atoms with Crippen molar-refractivity contribution in [2.75, 3.05) is 0 Å². The van der Waals surface area contributed by atoms with Gasteiger partial charge in [-0.05, 0) is 63.7 Å². The fourth-order valence-electron chi connectivity index (χ4n) is 2.81. The van der Waals surface area contributed by atoms with Crippen LogP contribution in [0.5, 0.6) is 0 Å². The number of nitrogens with zero attached hydrogens (tertiary/aromatic N) is 2. The Bertz CT molecular complexity index is 1020. The van der Waals surface area contributed by atoms with Crippen LogP contribution in [0.25, 0.3) is 17.4 Å². The molecule has 152 valence electrons. The van der Waals surface area contributed by atoms with Crippen LogP contribution in [0.4, 0.5) is 0 Å². The molecule has 8 heteroatoms. The standard InChI is InChI=1S/C21H21ClN2O4S/c1-11(2)23-21-24(12(3)4)19(25)18(29-21)10-14-6-8-17(28-14)13-5-7-15(20(26)27)16(22)9-13/h5-12H,1-4H3,(H,26,27)/b18-10+,23-21?. The smallest absolute Gasteiger partial charge is 0.337 e. The summed E-state index contributed by atoms with van der Waals surface area (Å²) < 4.78 is 5.84. The van der Waals surface area contributed by atoms with Gasteiger partial charge < -0.3 is 9.52 Å². The third-order valence-electron chi connectivity index (χ3n) is 4.11. The molecule has 0 saturated carbocycles. The fourth-order valence-corrected chi connectivity index (χ4v) is 4.28. The highest BCUT2D eigenvalue weighted by Gasteiger charge is 2.35. The van der Waals surface area contributed by atoms with E-state index in [1.165, 1.54) is 17.8 Å². The van der Waals surface area contributed by atoms with E-state index >= 15 is 0 Å². The molecule has 0 unspecified atom stereocenters. The maximum atomic E-state index is 12.8. The Kier molecular flexibility index (Phi) is 6.19. The van der Waals surface area contributed by atoms with Gasteiger partial charge in [0, 0.05) is 23.7 Å². The molecule has 0 radical (unpaired) electrons. The van der Waals surface area contributed by atoms with Crippen molar-refractivity contribution in [3.05, 3.63) is 51.6 Å². The molecule has 0 bridgehead atoms. The maximum absolute atomic E-state index is 12.8. The lowest BCUT2D eigenvalue weighted by Crippen LogP contribution is -2.35. The monoisotopic (exact) mass is 432 g/mol. The number of amidine groups is 1. The number of amides is 1. The molecule has 1 aromatic carbocycles. The first-order valence-corrected chi connectivity index (χ1v) is 10.3. The molecule has 0 aliphatic carbocycles. The molecule has 6 nitrogen and oxygen atoms in total. The minimum atomic E-state index is -1.09. The number of furan rings is 1. The lowest BCUT2D eigenvalue weighted by Gasteiger charge is -2.20. The van der Waals surface area contributed by atoms with Gasteiger partial charge in [-0.1, -0.05) is 17.7 Å². The number of hydrogen-bond donors (Lipinski definition) is 1. The number of aliphatic imine (C=N–C) groups is 1. The van der Waals surface area contributed by atoms with Gasteiger partial charge in [-0.25, -0.2) is 4.79 Å². The van der Waals surface area contributed by atoms with Crippen molar-refractivity contribution in [1.82, 2.24) is 4.90 Å². The van der Waals surface area contributed by atoms with Gasteiger partial charge in [-0.15, -0.1) is 0 Å². The largest absolute Gasteiger partial charge is 0.478 e. The zero-order valence-corrected chi connectivity index (χ0v) is 18.0. The van der Waals surface area contributed by atoms with Crippen LogP contribution in [0.3, 0.4) is 0 Å². The fraction of sp³-hybridized carbons (Fsp3) is 0.286. The number of carbonyl (C=O) groups is 2. The van der Waals surface area contributed by atoms with Crippen LogP contribution < -0.4 is 0 Å². The predicted molar refractivity (Wildman–Crippen MR) is 116 cm³/mol.